The van der Waals surface area contributed by atoms with Crippen LogP contribution in [0.1, 0.15) is 46.0 Å². The van der Waals surface area contributed by atoms with Gasteiger partial charge in [-0.3, -0.25) is 4.79 Å². The molecule has 0 aromatic carbocycles. The highest BCUT2D eigenvalue weighted by Gasteiger charge is 2.29. The van der Waals surface area contributed by atoms with Gasteiger partial charge in [-0.15, -0.1) is 0 Å². The van der Waals surface area contributed by atoms with Crippen LogP contribution in [0.2, 0.25) is 0 Å². The largest absolute Gasteiger partial charge is 0.294 e. The van der Waals surface area contributed by atoms with E-state index in [9.17, 15) is 4.79 Å². The Bertz CT molecular complexity index is 205. The maximum atomic E-state index is 11.8. The third kappa shape index (κ3) is 2.43. The van der Waals surface area contributed by atoms with Crippen molar-refractivity contribution in [1.29, 1.82) is 0 Å². The summed E-state index contributed by atoms with van der Waals surface area (Å²) >= 11 is 0. The summed E-state index contributed by atoms with van der Waals surface area (Å²) in [6.45, 7) is 7.78. The zero-order valence-corrected chi connectivity index (χ0v) is 8.81. The summed E-state index contributed by atoms with van der Waals surface area (Å²) in [5.74, 6) is 1.22. The molecule has 0 aromatic rings. The Labute approximate surface area is 81.2 Å². The quantitative estimate of drug-likeness (QED) is 0.609. The van der Waals surface area contributed by atoms with E-state index < -0.39 is 0 Å². The molecule has 1 aliphatic carbocycles. The monoisotopic (exact) mass is 180 g/mol. The van der Waals surface area contributed by atoms with Gasteiger partial charge < -0.3 is 0 Å². The highest BCUT2D eigenvalue weighted by atomic mass is 16.1. The molecule has 0 radical (unpaired) electrons. The molecule has 1 saturated carbocycles. The number of hydrogen-bond acceptors (Lipinski definition) is 1. The maximum Gasteiger partial charge on any atom is 0.161 e. The van der Waals surface area contributed by atoms with Crippen LogP contribution in [0.4, 0.5) is 0 Å². The van der Waals surface area contributed by atoms with Gasteiger partial charge in [0, 0.05) is 5.92 Å². The first kappa shape index (κ1) is 10.5. The lowest BCUT2D eigenvalue weighted by molar-refractivity contribution is -0.121. The van der Waals surface area contributed by atoms with Crippen LogP contribution in [-0.2, 0) is 4.79 Å². The Morgan fingerprint density at radius 2 is 2.00 bits per heavy atom. The summed E-state index contributed by atoms with van der Waals surface area (Å²) in [5, 5.41) is 0. The lowest BCUT2D eigenvalue weighted by Gasteiger charge is -2.29. The zero-order valence-electron chi connectivity index (χ0n) is 8.81. The SMILES string of the molecule is C=C(C)C(=O)C1CCCCC1CC. The smallest absolute Gasteiger partial charge is 0.161 e. The Morgan fingerprint density at radius 1 is 1.38 bits per heavy atom. The predicted molar refractivity (Wildman–Crippen MR) is 55.6 cm³/mol. The topological polar surface area (TPSA) is 17.1 Å². The van der Waals surface area contributed by atoms with Gasteiger partial charge in [0.05, 0.1) is 0 Å². The molecule has 13 heavy (non-hydrogen) atoms. The Balaban J connectivity index is 2.64. The number of rotatable bonds is 3. The molecule has 1 rings (SSSR count). The maximum absolute atomic E-state index is 11.8. The second kappa shape index (κ2) is 4.59. The minimum absolute atomic E-state index is 0.288. The van der Waals surface area contributed by atoms with Crippen molar-refractivity contribution < 1.29 is 4.79 Å². The molecule has 0 saturated heterocycles. The van der Waals surface area contributed by atoms with Gasteiger partial charge in [0.25, 0.3) is 0 Å². The Morgan fingerprint density at radius 3 is 2.54 bits per heavy atom. The van der Waals surface area contributed by atoms with Gasteiger partial charge in [-0.2, -0.15) is 0 Å². The molecular formula is C12H20O. The third-order valence-electron chi connectivity index (χ3n) is 3.19. The van der Waals surface area contributed by atoms with Gasteiger partial charge in [-0.25, -0.2) is 0 Å². The average Bonchev–Trinajstić information content (AvgIpc) is 2.16. The van der Waals surface area contributed by atoms with Gasteiger partial charge >= 0.3 is 0 Å². The molecule has 2 unspecified atom stereocenters. The standard InChI is InChI=1S/C12H20O/c1-4-10-7-5-6-8-11(10)12(13)9(2)3/h10-11H,2,4-8H2,1,3H3. The number of carbonyl (C=O) groups is 1. The molecule has 0 bridgehead atoms. The van der Waals surface area contributed by atoms with Crippen molar-refractivity contribution in [3.63, 3.8) is 0 Å². The van der Waals surface area contributed by atoms with E-state index in [1.165, 1.54) is 19.3 Å². The van der Waals surface area contributed by atoms with Gasteiger partial charge in [0.2, 0.25) is 0 Å². The Kier molecular flexibility index (Phi) is 3.71. The molecule has 1 heteroatoms. The molecule has 0 N–H and O–H groups in total. The number of ketones is 1. The van der Waals surface area contributed by atoms with Gasteiger partial charge in [0.1, 0.15) is 0 Å². The second-order valence-corrected chi connectivity index (χ2v) is 4.20. The summed E-state index contributed by atoms with van der Waals surface area (Å²) in [4.78, 5) is 11.8. The van der Waals surface area contributed by atoms with Crippen molar-refractivity contribution in [2.75, 3.05) is 0 Å². The Hall–Kier alpha value is -0.590. The number of hydrogen-bond donors (Lipinski definition) is 0. The van der Waals surface area contributed by atoms with E-state index in [1.54, 1.807) is 0 Å². The lowest BCUT2D eigenvalue weighted by atomic mass is 9.74. The van der Waals surface area contributed by atoms with E-state index >= 15 is 0 Å². The first-order valence-corrected chi connectivity index (χ1v) is 5.36. The molecule has 2 atom stereocenters. The van der Waals surface area contributed by atoms with Gasteiger partial charge in [-0.1, -0.05) is 32.8 Å². The second-order valence-electron chi connectivity index (χ2n) is 4.20. The van der Waals surface area contributed by atoms with Crippen LogP contribution in [0.15, 0.2) is 12.2 Å². The van der Waals surface area contributed by atoms with Crippen molar-refractivity contribution in [3.05, 3.63) is 12.2 Å². The van der Waals surface area contributed by atoms with E-state index in [4.69, 9.17) is 0 Å². The molecule has 0 spiro atoms. The van der Waals surface area contributed by atoms with Crippen LogP contribution in [0.5, 0.6) is 0 Å². The molecule has 0 heterocycles. The van der Waals surface area contributed by atoms with Crippen molar-refractivity contribution in [3.8, 4) is 0 Å². The number of Topliss-reactive ketones (excluding diaryl/α,β-unsaturated/α-hetero) is 1. The minimum Gasteiger partial charge on any atom is -0.294 e. The summed E-state index contributed by atoms with van der Waals surface area (Å²) in [6.07, 6.45) is 5.99. The fraction of sp³-hybridized carbons (Fsp3) is 0.750. The molecule has 1 aliphatic rings. The first-order chi connectivity index (χ1) is 6.16. The molecule has 0 aliphatic heterocycles. The highest BCUT2D eigenvalue weighted by molar-refractivity contribution is 5.96. The van der Waals surface area contributed by atoms with Crippen molar-refractivity contribution in [2.45, 2.75) is 46.0 Å². The van der Waals surface area contributed by atoms with Crippen molar-refractivity contribution in [1.82, 2.24) is 0 Å². The normalized spacial score (nSPS) is 28.5. The van der Waals surface area contributed by atoms with Crippen LogP contribution >= 0.6 is 0 Å². The first-order valence-electron chi connectivity index (χ1n) is 5.36. The van der Waals surface area contributed by atoms with Gasteiger partial charge in [-0.05, 0) is 31.3 Å². The summed E-state index contributed by atoms with van der Waals surface area (Å²) < 4.78 is 0. The molecule has 1 nitrogen and oxygen atoms in total. The predicted octanol–water partition coefficient (Wildman–Crippen LogP) is 3.35. The molecular weight excluding hydrogens is 160 g/mol. The van der Waals surface area contributed by atoms with E-state index in [2.05, 4.69) is 13.5 Å². The number of carbonyl (C=O) groups excluding carboxylic acids is 1. The molecule has 1 fully saturated rings. The third-order valence-corrected chi connectivity index (χ3v) is 3.19. The zero-order chi connectivity index (χ0) is 9.84. The summed E-state index contributed by atoms with van der Waals surface area (Å²) in [6, 6.07) is 0. The van der Waals surface area contributed by atoms with E-state index in [0.717, 1.165) is 18.4 Å². The van der Waals surface area contributed by atoms with Crippen LogP contribution < -0.4 is 0 Å². The fourth-order valence-corrected chi connectivity index (χ4v) is 2.36. The van der Waals surface area contributed by atoms with E-state index in [-0.39, 0.29) is 5.92 Å². The molecule has 0 aromatic heterocycles. The fourth-order valence-electron chi connectivity index (χ4n) is 2.36. The van der Waals surface area contributed by atoms with E-state index in [0.29, 0.717) is 11.7 Å². The van der Waals surface area contributed by atoms with Crippen LogP contribution in [0, 0.1) is 11.8 Å². The summed E-state index contributed by atoms with van der Waals surface area (Å²) in [7, 11) is 0. The van der Waals surface area contributed by atoms with Crippen molar-refractivity contribution >= 4 is 5.78 Å². The van der Waals surface area contributed by atoms with Crippen molar-refractivity contribution in [2.24, 2.45) is 11.8 Å². The summed E-state index contributed by atoms with van der Waals surface area (Å²) in [5.41, 5.74) is 0.741. The van der Waals surface area contributed by atoms with E-state index in [1.807, 2.05) is 6.92 Å². The average molecular weight is 180 g/mol. The van der Waals surface area contributed by atoms with Crippen LogP contribution in [0.25, 0.3) is 0 Å². The van der Waals surface area contributed by atoms with Crippen LogP contribution in [-0.4, -0.2) is 5.78 Å². The molecule has 74 valence electrons. The highest BCUT2D eigenvalue weighted by Crippen LogP contribution is 2.33. The number of allylic oxidation sites excluding steroid dienone is 1. The van der Waals surface area contributed by atoms with Gasteiger partial charge in [0.15, 0.2) is 5.78 Å². The van der Waals surface area contributed by atoms with Crippen LogP contribution in [0.3, 0.4) is 0 Å². The lowest BCUT2D eigenvalue weighted by Crippen LogP contribution is -2.27. The minimum atomic E-state index is 0.288. The molecule has 0 amide bonds.